The first-order valence-corrected chi connectivity index (χ1v) is 5.43. The first-order chi connectivity index (χ1) is 7.95. The van der Waals surface area contributed by atoms with Crippen LogP contribution in [0.3, 0.4) is 0 Å². The van der Waals surface area contributed by atoms with Gasteiger partial charge >= 0.3 is 0 Å². The number of alkyl halides is 2. The second-order valence-electron chi connectivity index (χ2n) is 4.34. The van der Waals surface area contributed by atoms with Crippen molar-refractivity contribution >= 4 is 0 Å². The van der Waals surface area contributed by atoms with Crippen LogP contribution in [-0.2, 0) is 6.42 Å². The summed E-state index contributed by atoms with van der Waals surface area (Å²) in [5, 5.41) is 2.72. The van der Waals surface area contributed by atoms with Gasteiger partial charge in [-0.3, -0.25) is 0 Å². The first-order valence-electron chi connectivity index (χ1n) is 5.43. The van der Waals surface area contributed by atoms with Crippen molar-refractivity contribution in [1.82, 2.24) is 5.32 Å². The van der Waals surface area contributed by atoms with E-state index in [2.05, 4.69) is 5.32 Å². The van der Waals surface area contributed by atoms with E-state index in [0.717, 1.165) is 5.56 Å². The van der Waals surface area contributed by atoms with Crippen molar-refractivity contribution < 1.29 is 13.2 Å². The largest absolute Gasteiger partial charge is 0.329 e. The molecule has 0 fully saturated rings. The van der Waals surface area contributed by atoms with E-state index in [4.69, 9.17) is 5.73 Å². The molecule has 0 spiro atoms. The van der Waals surface area contributed by atoms with E-state index in [1.165, 1.54) is 12.1 Å². The number of halogens is 3. The average molecular weight is 246 g/mol. The molecule has 2 nitrogen and oxygen atoms in total. The summed E-state index contributed by atoms with van der Waals surface area (Å²) in [6.45, 7) is 1.54. The van der Waals surface area contributed by atoms with Gasteiger partial charge in [-0.05, 0) is 31.0 Å². The van der Waals surface area contributed by atoms with E-state index in [1.807, 2.05) is 0 Å². The summed E-state index contributed by atoms with van der Waals surface area (Å²) < 4.78 is 37.3. The number of hydrogen-bond acceptors (Lipinski definition) is 2. The average Bonchev–Trinajstić information content (AvgIpc) is 2.26. The zero-order valence-corrected chi connectivity index (χ0v) is 9.72. The fourth-order valence-electron chi connectivity index (χ4n) is 1.63. The number of nitrogens with two attached hydrogens (primary N) is 1. The number of benzene rings is 1. The summed E-state index contributed by atoms with van der Waals surface area (Å²) in [6, 6.07) is 6.07. The van der Waals surface area contributed by atoms with Crippen molar-refractivity contribution in [3.05, 3.63) is 35.6 Å². The third-order valence-electron chi connectivity index (χ3n) is 2.62. The van der Waals surface area contributed by atoms with Crippen LogP contribution in [0, 0.1) is 5.82 Å². The van der Waals surface area contributed by atoms with Gasteiger partial charge in [0.05, 0.1) is 6.54 Å². The number of nitrogens with one attached hydrogen (secondary N) is 1. The van der Waals surface area contributed by atoms with Crippen molar-refractivity contribution in [2.75, 3.05) is 13.1 Å². The highest BCUT2D eigenvalue weighted by atomic mass is 19.3. The molecule has 0 aromatic heterocycles. The Balaban J connectivity index is 2.67. The van der Waals surface area contributed by atoms with Crippen LogP contribution in [0.1, 0.15) is 12.5 Å². The van der Waals surface area contributed by atoms with Crippen LogP contribution >= 0.6 is 0 Å². The van der Waals surface area contributed by atoms with Gasteiger partial charge in [-0.2, -0.15) is 0 Å². The van der Waals surface area contributed by atoms with Crippen LogP contribution in [0.2, 0.25) is 0 Å². The monoisotopic (exact) mass is 246 g/mol. The van der Waals surface area contributed by atoms with Gasteiger partial charge in [-0.15, -0.1) is 0 Å². The summed E-state index contributed by atoms with van der Waals surface area (Å²) in [6.07, 6.45) is -2.01. The highest BCUT2D eigenvalue weighted by Gasteiger charge is 2.23. The molecule has 0 radical (unpaired) electrons. The predicted octanol–water partition coefficient (Wildman–Crippen LogP) is 1.94. The standard InChI is InChI=1S/C12H17F3N2/c1-12(8-16,17-7-11(14)15)6-9-3-2-4-10(13)5-9/h2-5,11,17H,6-8,16H2,1H3. The molecule has 1 aromatic rings. The van der Waals surface area contributed by atoms with Crippen LogP contribution < -0.4 is 11.1 Å². The Labute approximate surface area is 99.0 Å². The van der Waals surface area contributed by atoms with Crippen molar-refractivity contribution in [3.8, 4) is 0 Å². The van der Waals surface area contributed by atoms with Crippen molar-refractivity contribution in [2.45, 2.75) is 25.3 Å². The summed E-state index contributed by atoms with van der Waals surface area (Å²) in [7, 11) is 0. The summed E-state index contributed by atoms with van der Waals surface area (Å²) in [5.41, 5.74) is 5.67. The molecule has 0 aliphatic rings. The van der Waals surface area contributed by atoms with E-state index in [0.29, 0.717) is 6.42 Å². The molecule has 1 rings (SSSR count). The Morgan fingerprint density at radius 1 is 1.41 bits per heavy atom. The lowest BCUT2D eigenvalue weighted by atomic mass is 9.93. The van der Waals surface area contributed by atoms with Crippen molar-refractivity contribution in [3.63, 3.8) is 0 Å². The quantitative estimate of drug-likeness (QED) is 0.805. The molecule has 1 unspecified atom stereocenters. The van der Waals surface area contributed by atoms with E-state index < -0.39 is 18.5 Å². The van der Waals surface area contributed by atoms with Gasteiger partial charge < -0.3 is 11.1 Å². The van der Waals surface area contributed by atoms with E-state index in [9.17, 15) is 13.2 Å². The molecule has 96 valence electrons. The molecular formula is C12H17F3N2. The molecule has 0 heterocycles. The molecule has 0 bridgehead atoms. The highest BCUT2D eigenvalue weighted by Crippen LogP contribution is 2.13. The zero-order chi connectivity index (χ0) is 12.9. The Morgan fingerprint density at radius 3 is 2.65 bits per heavy atom. The molecule has 0 aliphatic heterocycles. The van der Waals surface area contributed by atoms with E-state index >= 15 is 0 Å². The van der Waals surface area contributed by atoms with Crippen LogP contribution in [0.15, 0.2) is 24.3 Å². The second-order valence-corrected chi connectivity index (χ2v) is 4.34. The van der Waals surface area contributed by atoms with Gasteiger partial charge in [0.2, 0.25) is 0 Å². The Hall–Kier alpha value is -1.07. The molecule has 5 heteroatoms. The van der Waals surface area contributed by atoms with Gasteiger partial charge in [0.15, 0.2) is 0 Å². The minimum atomic E-state index is -2.42. The second kappa shape index (κ2) is 6.02. The molecular weight excluding hydrogens is 229 g/mol. The lowest BCUT2D eigenvalue weighted by Crippen LogP contribution is -2.51. The van der Waals surface area contributed by atoms with Gasteiger partial charge in [0.1, 0.15) is 5.82 Å². The van der Waals surface area contributed by atoms with E-state index in [1.54, 1.807) is 19.1 Å². The Bertz CT molecular complexity index is 357. The first kappa shape index (κ1) is 14.0. The maximum atomic E-state index is 13.0. The summed E-state index contributed by atoms with van der Waals surface area (Å²) in [4.78, 5) is 0. The summed E-state index contributed by atoms with van der Waals surface area (Å²) in [5.74, 6) is -0.337. The fraction of sp³-hybridized carbons (Fsp3) is 0.500. The Kier molecular flexibility index (Phi) is 4.96. The fourth-order valence-corrected chi connectivity index (χ4v) is 1.63. The lowest BCUT2D eigenvalue weighted by molar-refractivity contribution is 0.132. The van der Waals surface area contributed by atoms with Gasteiger partial charge in [0.25, 0.3) is 6.43 Å². The zero-order valence-electron chi connectivity index (χ0n) is 9.72. The lowest BCUT2D eigenvalue weighted by Gasteiger charge is -2.29. The van der Waals surface area contributed by atoms with Crippen LogP contribution in [-0.4, -0.2) is 25.1 Å². The normalized spacial score (nSPS) is 14.9. The molecule has 1 atom stereocenters. The molecule has 0 saturated heterocycles. The smallest absolute Gasteiger partial charge is 0.250 e. The molecule has 17 heavy (non-hydrogen) atoms. The Morgan fingerprint density at radius 2 is 2.12 bits per heavy atom. The SMILES string of the molecule is CC(CN)(Cc1cccc(F)c1)NCC(F)F. The number of hydrogen-bond donors (Lipinski definition) is 2. The third kappa shape index (κ3) is 4.75. The molecule has 0 aliphatic carbocycles. The minimum Gasteiger partial charge on any atom is -0.329 e. The van der Waals surface area contributed by atoms with Crippen LogP contribution in [0.25, 0.3) is 0 Å². The molecule has 0 amide bonds. The minimum absolute atomic E-state index is 0.205. The van der Waals surface area contributed by atoms with Gasteiger partial charge in [0, 0.05) is 12.1 Å². The van der Waals surface area contributed by atoms with E-state index in [-0.39, 0.29) is 12.4 Å². The van der Waals surface area contributed by atoms with Crippen LogP contribution in [0.4, 0.5) is 13.2 Å². The molecule has 1 aromatic carbocycles. The third-order valence-corrected chi connectivity index (χ3v) is 2.62. The van der Waals surface area contributed by atoms with Crippen molar-refractivity contribution in [1.29, 1.82) is 0 Å². The van der Waals surface area contributed by atoms with Crippen molar-refractivity contribution in [2.24, 2.45) is 5.73 Å². The van der Waals surface area contributed by atoms with Gasteiger partial charge in [-0.25, -0.2) is 13.2 Å². The van der Waals surface area contributed by atoms with Gasteiger partial charge in [-0.1, -0.05) is 12.1 Å². The summed E-state index contributed by atoms with van der Waals surface area (Å²) >= 11 is 0. The van der Waals surface area contributed by atoms with Crippen LogP contribution in [0.5, 0.6) is 0 Å². The molecule has 0 saturated carbocycles. The predicted molar refractivity (Wildman–Crippen MR) is 61.6 cm³/mol. The maximum absolute atomic E-state index is 13.0. The maximum Gasteiger partial charge on any atom is 0.250 e. The highest BCUT2D eigenvalue weighted by molar-refractivity contribution is 5.19. The molecule has 3 N–H and O–H groups in total. The topological polar surface area (TPSA) is 38.0 Å². The number of rotatable bonds is 6.